The van der Waals surface area contributed by atoms with E-state index in [2.05, 4.69) is 22.5 Å². The van der Waals surface area contributed by atoms with E-state index in [9.17, 15) is 9.90 Å². The molecule has 5 nitrogen and oxygen atoms in total. The summed E-state index contributed by atoms with van der Waals surface area (Å²) in [5.41, 5.74) is 1.77. The molecule has 1 aliphatic rings. The molecule has 1 amide bonds. The maximum absolute atomic E-state index is 11.5. The highest BCUT2D eigenvalue weighted by Gasteiger charge is 2.17. The van der Waals surface area contributed by atoms with Crippen LogP contribution in [0.4, 0.5) is 0 Å². The van der Waals surface area contributed by atoms with E-state index in [1.54, 1.807) is 7.05 Å². The fourth-order valence-electron chi connectivity index (χ4n) is 2.91. The third-order valence-electron chi connectivity index (χ3n) is 4.50. The van der Waals surface area contributed by atoms with Crippen LogP contribution >= 0.6 is 0 Å². The average Bonchev–Trinajstić information content (AvgIpc) is 2.57. The standard InChI is InChI=1S/C18H29N3O2/c1-14-7-9-21(10-8-14)13-17(22)12-20-11-15-3-5-16(6-4-15)18(23)19-2/h3-6,14,17,20,22H,7-13H2,1-2H3,(H,19,23). The van der Waals surface area contributed by atoms with Gasteiger partial charge < -0.3 is 20.6 Å². The van der Waals surface area contributed by atoms with Crippen LogP contribution in [0.15, 0.2) is 24.3 Å². The molecule has 1 atom stereocenters. The molecule has 23 heavy (non-hydrogen) atoms. The van der Waals surface area contributed by atoms with Crippen molar-refractivity contribution in [2.24, 2.45) is 5.92 Å². The number of nitrogens with zero attached hydrogens (tertiary/aromatic N) is 1. The SMILES string of the molecule is CNC(=O)c1ccc(CNCC(O)CN2CCC(C)CC2)cc1. The Hall–Kier alpha value is -1.43. The fourth-order valence-corrected chi connectivity index (χ4v) is 2.91. The molecule has 0 aliphatic carbocycles. The number of piperidine rings is 1. The Kier molecular flexibility index (Phi) is 7.02. The summed E-state index contributed by atoms with van der Waals surface area (Å²) < 4.78 is 0. The van der Waals surface area contributed by atoms with E-state index in [0.717, 1.165) is 31.1 Å². The van der Waals surface area contributed by atoms with Gasteiger partial charge in [0.25, 0.3) is 5.91 Å². The molecule has 2 rings (SSSR count). The lowest BCUT2D eigenvalue weighted by molar-refractivity contribution is 0.0906. The molecule has 1 saturated heterocycles. The van der Waals surface area contributed by atoms with Gasteiger partial charge in [-0.15, -0.1) is 0 Å². The van der Waals surface area contributed by atoms with Gasteiger partial charge in [0.05, 0.1) is 6.10 Å². The molecule has 0 aromatic heterocycles. The van der Waals surface area contributed by atoms with Crippen LogP contribution in [0.1, 0.15) is 35.7 Å². The number of β-amino-alcohol motifs (C(OH)–C–C–N with tert-alkyl or cyclic N) is 1. The quantitative estimate of drug-likeness (QED) is 0.707. The average molecular weight is 319 g/mol. The van der Waals surface area contributed by atoms with E-state index in [1.807, 2.05) is 24.3 Å². The van der Waals surface area contributed by atoms with Gasteiger partial charge in [-0.3, -0.25) is 4.79 Å². The van der Waals surface area contributed by atoms with Crippen molar-refractivity contribution in [2.75, 3.05) is 33.2 Å². The molecular formula is C18H29N3O2. The number of hydrogen-bond donors (Lipinski definition) is 3. The van der Waals surface area contributed by atoms with Crippen molar-refractivity contribution in [3.8, 4) is 0 Å². The molecule has 0 radical (unpaired) electrons. The Morgan fingerprint density at radius 3 is 2.57 bits per heavy atom. The second-order valence-corrected chi connectivity index (χ2v) is 6.54. The summed E-state index contributed by atoms with van der Waals surface area (Å²) >= 11 is 0. The smallest absolute Gasteiger partial charge is 0.251 e. The van der Waals surface area contributed by atoms with E-state index in [-0.39, 0.29) is 12.0 Å². The number of benzene rings is 1. The van der Waals surface area contributed by atoms with E-state index in [1.165, 1.54) is 12.8 Å². The van der Waals surface area contributed by atoms with Crippen LogP contribution in [0.3, 0.4) is 0 Å². The molecule has 0 bridgehead atoms. The van der Waals surface area contributed by atoms with Crippen molar-refractivity contribution >= 4 is 5.91 Å². The topological polar surface area (TPSA) is 64.6 Å². The summed E-state index contributed by atoms with van der Waals surface area (Å²) in [4.78, 5) is 13.8. The first kappa shape index (κ1) is 17.9. The predicted octanol–water partition coefficient (Wildman–Crippen LogP) is 1.23. The number of nitrogens with one attached hydrogen (secondary N) is 2. The second kappa shape index (κ2) is 9.01. The van der Waals surface area contributed by atoms with Gasteiger partial charge in [0.1, 0.15) is 0 Å². The van der Waals surface area contributed by atoms with Crippen molar-refractivity contribution in [3.63, 3.8) is 0 Å². The van der Waals surface area contributed by atoms with Gasteiger partial charge in [-0.05, 0) is 49.5 Å². The zero-order valence-corrected chi connectivity index (χ0v) is 14.2. The molecule has 1 heterocycles. The highest BCUT2D eigenvalue weighted by atomic mass is 16.3. The Morgan fingerprint density at radius 2 is 1.96 bits per heavy atom. The minimum absolute atomic E-state index is 0.0734. The van der Waals surface area contributed by atoms with Crippen molar-refractivity contribution in [2.45, 2.75) is 32.4 Å². The highest BCUT2D eigenvalue weighted by Crippen LogP contribution is 2.15. The van der Waals surface area contributed by atoms with Crippen LogP contribution in [0.5, 0.6) is 0 Å². The Labute approximate surface area is 139 Å². The number of carbonyl (C=O) groups is 1. The second-order valence-electron chi connectivity index (χ2n) is 6.54. The van der Waals surface area contributed by atoms with E-state index >= 15 is 0 Å². The van der Waals surface area contributed by atoms with Crippen molar-refractivity contribution in [3.05, 3.63) is 35.4 Å². The summed E-state index contributed by atoms with van der Waals surface area (Å²) in [7, 11) is 1.63. The minimum atomic E-state index is -0.339. The number of aliphatic hydroxyl groups is 1. The van der Waals surface area contributed by atoms with Gasteiger partial charge in [0.2, 0.25) is 0 Å². The summed E-state index contributed by atoms with van der Waals surface area (Å²) in [6.45, 7) is 6.52. The molecule has 1 aromatic carbocycles. The van der Waals surface area contributed by atoms with Crippen molar-refractivity contribution in [1.29, 1.82) is 0 Å². The maximum atomic E-state index is 11.5. The largest absolute Gasteiger partial charge is 0.390 e. The molecule has 1 unspecified atom stereocenters. The van der Waals surface area contributed by atoms with Gasteiger partial charge in [0, 0.05) is 32.2 Å². The Morgan fingerprint density at radius 1 is 1.30 bits per heavy atom. The number of hydrogen-bond acceptors (Lipinski definition) is 4. The molecule has 0 saturated carbocycles. The number of amides is 1. The minimum Gasteiger partial charge on any atom is -0.390 e. The molecular weight excluding hydrogens is 290 g/mol. The highest BCUT2D eigenvalue weighted by molar-refractivity contribution is 5.93. The summed E-state index contributed by atoms with van der Waals surface area (Å²) in [5, 5.41) is 16.0. The maximum Gasteiger partial charge on any atom is 0.251 e. The van der Waals surface area contributed by atoms with Gasteiger partial charge in [-0.2, -0.15) is 0 Å². The van der Waals surface area contributed by atoms with Crippen LogP contribution in [-0.4, -0.2) is 55.2 Å². The molecule has 128 valence electrons. The molecule has 0 spiro atoms. The van der Waals surface area contributed by atoms with Crippen LogP contribution in [-0.2, 0) is 6.54 Å². The summed E-state index contributed by atoms with van der Waals surface area (Å²) in [6.07, 6.45) is 2.13. The normalized spacial score (nSPS) is 17.9. The third kappa shape index (κ3) is 5.94. The zero-order chi connectivity index (χ0) is 16.7. The lowest BCUT2D eigenvalue weighted by Crippen LogP contribution is -2.41. The predicted molar refractivity (Wildman–Crippen MR) is 92.4 cm³/mol. The van der Waals surface area contributed by atoms with Crippen molar-refractivity contribution < 1.29 is 9.90 Å². The summed E-state index contributed by atoms with van der Waals surface area (Å²) in [5.74, 6) is 0.745. The van der Waals surface area contributed by atoms with Gasteiger partial charge >= 0.3 is 0 Å². The monoisotopic (exact) mass is 319 g/mol. The van der Waals surface area contributed by atoms with E-state index < -0.39 is 0 Å². The Balaban J connectivity index is 1.67. The lowest BCUT2D eigenvalue weighted by atomic mass is 9.99. The molecule has 1 aliphatic heterocycles. The van der Waals surface area contributed by atoms with Crippen LogP contribution in [0.25, 0.3) is 0 Å². The number of likely N-dealkylation sites (tertiary alicyclic amines) is 1. The van der Waals surface area contributed by atoms with Crippen molar-refractivity contribution in [1.82, 2.24) is 15.5 Å². The first-order chi connectivity index (χ1) is 11.1. The molecule has 3 N–H and O–H groups in total. The number of rotatable bonds is 7. The van der Waals surface area contributed by atoms with Crippen LogP contribution < -0.4 is 10.6 Å². The fraction of sp³-hybridized carbons (Fsp3) is 0.611. The lowest BCUT2D eigenvalue weighted by Gasteiger charge is -2.31. The number of carbonyl (C=O) groups excluding carboxylic acids is 1. The van der Waals surface area contributed by atoms with Crippen LogP contribution in [0.2, 0.25) is 0 Å². The van der Waals surface area contributed by atoms with Gasteiger partial charge in [0.15, 0.2) is 0 Å². The van der Waals surface area contributed by atoms with Crippen LogP contribution in [0, 0.1) is 5.92 Å². The summed E-state index contributed by atoms with van der Waals surface area (Å²) in [6, 6.07) is 7.52. The van der Waals surface area contributed by atoms with E-state index in [4.69, 9.17) is 0 Å². The van der Waals surface area contributed by atoms with E-state index in [0.29, 0.717) is 18.7 Å². The first-order valence-corrected chi connectivity index (χ1v) is 8.50. The Bertz CT molecular complexity index is 482. The molecule has 1 aromatic rings. The first-order valence-electron chi connectivity index (χ1n) is 8.50. The van der Waals surface area contributed by atoms with Gasteiger partial charge in [-0.25, -0.2) is 0 Å². The zero-order valence-electron chi connectivity index (χ0n) is 14.2. The number of aliphatic hydroxyl groups excluding tert-OH is 1. The molecule has 1 fully saturated rings. The molecule has 5 heteroatoms. The van der Waals surface area contributed by atoms with Gasteiger partial charge in [-0.1, -0.05) is 19.1 Å². The third-order valence-corrected chi connectivity index (χ3v) is 4.50.